The average molecular weight is 556 g/mol. The van der Waals surface area contributed by atoms with Gasteiger partial charge in [0, 0.05) is 49.4 Å². The lowest BCUT2D eigenvalue weighted by Crippen LogP contribution is -2.43. The molecule has 1 fully saturated rings. The number of likely N-dealkylation sites (N-methyl/N-ethyl adjacent to an activating group) is 1. The van der Waals surface area contributed by atoms with Crippen LogP contribution in [0.1, 0.15) is 42.8 Å². The van der Waals surface area contributed by atoms with Gasteiger partial charge in [-0.25, -0.2) is 15.0 Å². The molecule has 0 saturated carbocycles. The number of nitrogens with zero attached hydrogens (tertiary/aromatic N) is 6. The molecule has 4 aromatic rings. The van der Waals surface area contributed by atoms with E-state index in [0.29, 0.717) is 49.0 Å². The number of carbonyl (C=O) groups is 2. The summed E-state index contributed by atoms with van der Waals surface area (Å²) in [7, 11) is 0. The van der Waals surface area contributed by atoms with Crippen molar-refractivity contribution in [1.29, 1.82) is 5.26 Å². The van der Waals surface area contributed by atoms with Gasteiger partial charge in [0.1, 0.15) is 11.1 Å². The number of amides is 1. The Kier molecular flexibility index (Phi) is 7.45. The normalized spacial score (nSPS) is 14.6. The van der Waals surface area contributed by atoms with Gasteiger partial charge in [0.05, 0.1) is 33.3 Å². The van der Waals surface area contributed by atoms with Crippen molar-refractivity contribution in [2.24, 2.45) is 5.41 Å². The number of thiazole rings is 1. The number of anilines is 1. The van der Waals surface area contributed by atoms with Crippen molar-refractivity contribution in [3.63, 3.8) is 0 Å². The van der Waals surface area contributed by atoms with E-state index in [4.69, 9.17) is 4.98 Å². The Hall–Kier alpha value is -4.43. The SMILES string of the molecule is CCNC(=O)Cc1nc2cc(-c3cnc(N4CCC(C)(C(=O)O)CC4)nc3)cc(-c3ncc(C#N)cc3C)c2s1. The summed E-state index contributed by atoms with van der Waals surface area (Å²) in [5.74, 6) is -0.279. The molecule has 1 aliphatic rings. The minimum Gasteiger partial charge on any atom is -0.481 e. The number of nitriles is 1. The third kappa shape index (κ3) is 5.35. The van der Waals surface area contributed by atoms with Crippen molar-refractivity contribution in [3.05, 3.63) is 52.9 Å². The molecule has 0 spiro atoms. The van der Waals surface area contributed by atoms with Crippen LogP contribution in [0.5, 0.6) is 0 Å². The zero-order valence-electron chi connectivity index (χ0n) is 22.6. The third-order valence-corrected chi connectivity index (χ3v) is 8.42. The number of benzene rings is 1. The van der Waals surface area contributed by atoms with Gasteiger partial charge in [-0.05, 0) is 62.9 Å². The molecule has 0 bridgehead atoms. The highest BCUT2D eigenvalue weighted by atomic mass is 32.1. The molecule has 40 heavy (non-hydrogen) atoms. The number of hydrogen-bond donors (Lipinski definition) is 2. The second kappa shape index (κ2) is 11.0. The number of carbonyl (C=O) groups excluding carboxylic acids is 1. The highest BCUT2D eigenvalue weighted by Gasteiger charge is 2.37. The van der Waals surface area contributed by atoms with Gasteiger partial charge >= 0.3 is 5.97 Å². The summed E-state index contributed by atoms with van der Waals surface area (Å²) in [5.41, 5.74) is 4.63. The van der Waals surface area contributed by atoms with Gasteiger partial charge in [0.15, 0.2) is 0 Å². The topological polar surface area (TPSA) is 145 Å². The number of aryl methyl sites for hydroxylation is 1. The quantitative estimate of drug-likeness (QED) is 0.340. The summed E-state index contributed by atoms with van der Waals surface area (Å²) in [4.78, 5) is 44.4. The van der Waals surface area contributed by atoms with Crippen LogP contribution in [0.4, 0.5) is 5.95 Å². The zero-order chi connectivity index (χ0) is 28.4. The van der Waals surface area contributed by atoms with Crippen LogP contribution >= 0.6 is 11.3 Å². The molecule has 1 aliphatic heterocycles. The molecule has 0 unspecified atom stereocenters. The Labute approximate surface area is 235 Å². The maximum absolute atomic E-state index is 12.3. The number of carboxylic acids is 1. The van der Waals surface area contributed by atoms with Crippen molar-refractivity contribution >= 4 is 39.4 Å². The Morgan fingerprint density at radius 2 is 1.85 bits per heavy atom. The molecule has 1 saturated heterocycles. The van der Waals surface area contributed by atoms with Crippen LogP contribution < -0.4 is 10.2 Å². The van der Waals surface area contributed by atoms with Crippen molar-refractivity contribution in [2.45, 2.75) is 40.0 Å². The van der Waals surface area contributed by atoms with E-state index in [-0.39, 0.29) is 12.3 Å². The van der Waals surface area contributed by atoms with Crippen LogP contribution in [0.3, 0.4) is 0 Å². The molecule has 1 aromatic carbocycles. The van der Waals surface area contributed by atoms with Crippen molar-refractivity contribution in [2.75, 3.05) is 24.5 Å². The van der Waals surface area contributed by atoms with Gasteiger partial charge in [-0.1, -0.05) is 0 Å². The summed E-state index contributed by atoms with van der Waals surface area (Å²) in [6.45, 7) is 7.30. The van der Waals surface area contributed by atoms with E-state index in [1.54, 1.807) is 25.5 Å². The molecule has 5 rings (SSSR count). The van der Waals surface area contributed by atoms with E-state index >= 15 is 0 Å². The maximum atomic E-state index is 12.3. The van der Waals surface area contributed by atoms with Gasteiger partial charge in [-0.3, -0.25) is 14.6 Å². The monoisotopic (exact) mass is 555 g/mol. The van der Waals surface area contributed by atoms with Crippen LogP contribution in [0.25, 0.3) is 32.6 Å². The molecule has 10 nitrogen and oxygen atoms in total. The highest BCUT2D eigenvalue weighted by molar-refractivity contribution is 7.19. The van der Waals surface area contributed by atoms with E-state index in [1.807, 2.05) is 36.9 Å². The number of nitrogens with one attached hydrogen (secondary N) is 1. The van der Waals surface area contributed by atoms with E-state index in [0.717, 1.165) is 38.2 Å². The molecule has 1 amide bonds. The fourth-order valence-electron chi connectivity index (χ4n) is 4.86. The molecule has 4 heterocycles. The Morgan fingerprint density at radius 3 is 2.48 bits per heavy atom. The van der Waals surface area contributed by atoms with Gasteiger partial charge in [-0.15, -0.1) is 11.3 Å². The van der Waals surface area contributed by atoms with Crippen LogP contribution in [-0.4, -0.2) is 56.6 Å². The van der Waals surface area contributed by atoms with Gasteiger partial charge in [0.25, 0.3) is 0 Å². The standard InChI is InChI=1S/C29H29N7O3S/c1-4-31-23(37)12-24-35-22-11-19(10-21(26(22)40-24)25-17(2)9-18(13-30)14-32-25)20-15-33-28(34-16-20)36-7-5-29(3,6-8-36)27(38)39/h9-11,14-16H,4-8,12H2,1-3H3,(H,31,37)(H,38,39). The average Bonchev–Trinajstić information content (AvgIpc) is 3.35. The molecule has 11 heteroatoms. The predicted octanol–water partition coefficient (Wildman–Crippen LogP) is 4.37. The molecular weight excluding hydrogens is 526 g/mol. The molecule has 3 aromatic heterocycles. The lowest BCUT2D eigenvalue weighted by Gasteiger charge is -2.36. The summed E-state index contributed by atoms with van der Waals surface area (Å²) < 4.78 is 0.913. The van der Waals surface area contributed by atoms with Gasteiger partial charge in [-0.2, -0.15) is 5.26 Å². The molecule has 2 N–H and O–H groups in total. The zero-order valence-corrected chi connectivity index (χ0v) is 23.4. The summed E-state index contributed by atoms with van der Waals surface area (Å²) in [6.07, 6.45) is 6.35. The molecular formula is C29H29N7O3S. The smallest absolute Gasteiger partial charge is 0.309 e. The van der Waals surface area contributed by atoms with Crippen LogP contribution in [0, 0.1) is 23.7 Å². The predicted molar refractivity (Wildman–Crippen MR) is 153 cm³/mol. The Balaban J connectivity index is 1.51. The van der Waals surface area contributed by atoms with Crippen molar-refractivity contribution < 1.29 is 14.7 Å². The summed E-state index contributed by atoms with van der Waals surface area (Å²) >= 11 is 1.46. The van der Waals surface area contributed by atoms with E-state index in [9.17, 15) is 20.0 Å². The lowest BCUT2D eigenvalue weighted by atomic mass is 9.80. The first-order valence-electron chi connectivity index (χ1n) is 13.1. The molecule has 204 valence electrons. The number of rotatable bonds is 7. The van der Waals surface area contributed by atoms with E-state index in [1.165, 1.54) is 11.3 Å². The van der Waals surface area contributed by atoms with E-state index < -0.39 is 11.4 Å². The largest absolute Gasteiger partial charge is 0.481 e. The lowest BCUT2D eigenvalue weighted by molar-refractivity contribution is -0.149. The Morgan fingerprint density at radius 1 is 1.12 bits per heavy atom. The van der Waals surface area contributed by atoms with Gasteiger partial charge in [0.2, 0.25) is 11.9 Å². The minimum absolute atomic E-state index is 0.0821. The summed E-state index contributed by atoms with van der Waals surface area (Å²) in [5, 5.41) is 22.3. The van der Waals surface area contributed by atoms with Crippen LogP contribution in [0.15, 0.2) is 36.8 Å². The van der Waals surface area contributed by atoms with Gasteiger partial charge < -0.3 is 15.3 Å². The first-order chi connectivity index (χ1) is 19.2. The fraction of sp³-hybridized carbons (Fsp3) is 0.345. The number of aliphatic carboxylic acids is 1. The number of fused-ring (bicyclic) bond motifs is 1. The first kappa shape index (κ1) is 27.1. The number of hydrogen-bond acceptors (Lipinski definition) is 9. The van der Waals surface area contributed by atoms with Crippen LogP contribution in [-0.2, 0) is 16.0 Å². The molecule has 0 radical (unpaired) electrons. The van der Waals surface area contributed by atoms with E-state index in [2.05, 4.69) is 26.3 Å². The second-order valence-corrected chi connectivity index (χ2v) is 11.3. The number of carboxylic acid groups (broad SMARTS) is 1. The van der Waals surface area contributed by atoms with Crippen molar-refractivity contribution in [3.8, 4) is 28.5 Å². The maximum Gasteiger partial charge on any atom is 0.309 e. The summed E-state index contributed by atoms with van der Waals surface area (Å²) in [6, 6.07) is 7.93. The molecule has 0 atom stereocenters. The first-order valence-corrected chi connectivity index (χ1v) is 13.9. The van der Waals surface area contributed by atoms with Crippen LogP contribution in [0.2, 0.25) is 0 Å². The third-order valence-electron chi connectivity index (χ3n) is 7.32. The number of aromatic nitrogens is 4. The number of pyridine rings is 1. The highest BCUT2D eigenvalue weighted by Crippen LogP contribution is 2.38. The number of piperidine rings is 1. The van der Waals surface area contributed by atoms with Crippen molar-refractivity contribution in [1.82, 2.24) is 25.3 Å². The minimum atomic E-state index is -0.766. The Bertz CT molecular complexity index is 1630. The fourth-order valence-corrected chi connectivity index (χ4v) is 5.92. The molecule has 0 aliphatic carbocycles. The second-order valence-electron chi connectivity index (χ2n) is 10.2.